The van der Waals surface area contributed by atoms with Crippen molar-refractivity contribution in [3.63, 3.8) is 0 Å². The average Bonchev–Trinajstić information content (AvgIpc) is 3.01. The van der Waals surface area contributed by atoms with Gasteiger partial charge in [0.05, 0.1) is 6.04 Å². The highest BCUT2D eigenvalue weighted by molar-refractivity contribution is 5.71. The summed E-state index contributed by atoms with van der Waals surface area (Å²) >= 11 is 0. The zero-order valence-electron chi connectivity index (χ0n) is 14.0. The minimum atomic E-state index is 0.449. The minimum Gasteiger partial charge on any atom is -0.315 e. The second-order valence-corrected chi connectivity index (χ2v) is 6.83. The molecule has 2 aromatic rings. The van der Waals surface area contributed by atoms with Crippen LogP contribution >= 0.6 is 0 Å². The Kier molecular flexibility index (Phi) is 4.31. The van der Waals surface area contributed by atoms with Crippen molar-refractivity contribution in [1.29, 1.82) is 0 Å². The van der Waals surface area contributed by atoms with E-state index < -0.39 is 0 Å². The molecule has 0 aliphatic carbocycles. The molecule has 4 rings (SSSR count). The third-order valence-corrected chi connectivity index (χ3v) is 5.43. The van der Waals surface area contributed by atoms with Crippen LogP contribution in [0.5, 0.6) is 0 Å². The number of piperidine rings is 2. The molecule has 0 radical (unpaired) electrons. The first-order valence-corrected chi connectivity index (χ1v) is 9.16. The Hall–Kier alpha value is -1.46. The molecule has 5 heteroatoms. The SMILES string of the molecule is CCN1CCCCC1c1nc2cccnc2n1C1CCCNC1. The normalized spacial score (nSPS) is 26.7. The molecule has 4 heterocycles. The molecule has 2 fully saturated rings. The number of rotatable bonds is 3. The zero-order valence-corrected chi connectivity index (χ0v) is 14.0. The van der Waals surface area contributed by atoms with Crippen molar-refractivity contribution in [3.8, 4) is 0 Å². The van der Waals surface area contributed by atoms with Gasteiger partial charge in [0, 0.05) is 18.8 Å². The van der Waals surface area contributed by atoms with Gasteiger partial charge >= 0.3 is 0 Å². The molecular formula is C18H27N5. The Balaban J connectivity index is 1.81. The largest absolute Gasteiger partial charge is 0.315 e. The summed E-state index contributed by atoms with van der Waals surface area (Å²) in [6.07, 6.45) is 8.20. The van der Waals surface area contributed by atoms with E-state index >= 15 is 0 Å². The van der Waals surface area contributed by atoms with Crippen LogP contribution in [0.4, 0.5) is 0 Å². The molecule has 0 spiro atoms. The van der Waals surface area contributed by atoms with Crippen LogP contribution < -0.4 is 5.32 Å². The molecule has 0 saturated carbocycles. The smallest absolute Gasteiger partial charge is 0.160 e. The fourth-order valence-electron chi connectivity index (χ4n) is 4.26. The van der Waals surface area contributed by atoms with E-state index in [4.69, 9.17) is 4.98 Å². The Bertz CT molecular complexity index is 658. The van der Waals surface area contributed by atoms with Gasteiger partial charge in [0.25, 0.3) is 0 Å². The van der Waals surface area contributed by atoms with Gasteiger partial charge in [-0.2, -0.15) is 0 Å². The summed E-state index contributed by atoms with van der Waals surface area (Å²) in [4.78, 5) is 12.3. The van der Waals surface area contributed by atoms with Gasteiger partial charge in [0.1, 0.15) is 11.3 Å². The van der Waals surface area contributed by atoms with Gasteiger partial charge in [-0.1, -0.05) is 13.3 Å². The first kappa shape index (κ1) is 15.1. The predicted molar refractivity (Wildman–Crippen MR) is 92.5 cm³/mol. The summed E-state index contributed by atoms with van der Waals surface area (Å²) in [6, 6.07) is 5.04. The average molecular weight is 313 g/mol. The summed E-state index contributed by atoms with van der Waals surface area (Å²) < 4.78 is 2.46. The second-order valence-electron chi connectivity index (χ2n) is 6.83. The molecule has 0 bridgehead atoms. The van der Waals surface area contributed by atoms with E-state index in [1.165, 1.54) is 44.5 Å². The van der Waals surface area contributed by atoms with Crippen LogP contribution in [0.25, 0.3) is 11.2 Å². The van der Waals surface area contributed by atoms with Crippen molar-refractivity contribution < 1.29 is 0 Å². The maximum atomic E-state index is 5.04. The van der Waals surface area contributed by atoms with E-state index in [0.717, 1.165) is 30.8 Å². The third-order valence-electron chi connectivity index (χ3n) is 5.43. The molecule has 2 aliphatic heterocycles. The van der Waals surface area contributed by atoms with Crippen molar-refractivity contribution in [2.75, 3.05) is 26.2 Å². The van der Waals surface area contributed by atoms with Gasteiger partial charge in [0.2, 0.25) is 0 Å². The van der Waals surface area contributed by atoms with E-state index in [-0.39, 0.29) is 0 Å². The van der Waals surface area contributed by atoms with Gasteiger partial charge in [0.15, 0.2) is 5.65 Å². The molecule has 0 aromatic carbocycles. The van der Waals surface area contributed by atoms with E-state index in [2.05, 4.69) is 32.8 Å². The molecule has 2 saturated heterocycles. The molecular weight excluding hydrogens is 286 g/mol. The summed E-state index contributed by atoms with van der Waals surface area (Å²) in [6.45, 7) is 6.74. The number of pyridine rings is 1. The molecule has 2 aliphatic rings. The Morgan fingerprint density at radius 1 is 1.26 bits per heavy atom. The Morgan fingerprint density at radius 3 is 3.04 bits per heavy atom. The van der Waals surface area contributed by atoms with Crippen molar-refractivity contribution in [1.82, 2.24) is 24.8 Å². The molecule has 1 N–H and O–H groups in total. The maximum Gasteiger partial charge on any atom is 0.160 e. The fourth-order valence-corrected chi connectivity index (χ4v) is 4.26. The molecule has 5 nitrogen and oxygen atoms in total. The predicted octanol–water partition coefficient (Wildman–Crippen LogP) is 2.90. The Morgan fingerprint density at radius 2 is 2.22 bits per heavy atom. The number of nitrogens with zero attached hydrogens (tertiary/aromatic N) is 4. The second kappa shape index (κ2) is 6.57. The Labute approximate surface area is 138 Å². The van der Waals surface area contributed by atoms with E-state index in [9.17, 15) is 0 Å². The number of fused-ring (bicyclic) bond motifs is 1. The summed E-state index contributed by atoms with van der Waals surface area (Å²) in [5.41, 5.74) is 2.12. The van der Waals surface area contributed by atoms with Gasteiger partial charge in [-0.3, -0.25) is 4.90 Å². The fraction of sp³-hybridized carbons (Fsp3) is 0.667. The standard InChI is InChI=1S/C18H27N5/c1-2-22-12-4-3-9-16(22)18-21-15-8-6-11-20-17(15)23(18)14-7-5-10-19-13-14/h6,8,11,14,16,19H,2-5,7,9-10,12-13H2,1H3. The van der Waals surface area contributed by atoms with E-state index in [1.54, 1.807) is 0 Å². The highest BCUT2D eigenvalue weighted by Gasteiger charge is 2.30. The summed E-state index contributed by atoms with van der Waals surface area (Å²) in [5.74, 6) is 1.24. The maximum absolute atomic E-state index is 5.04. The number of hydrogen-bond acceptors (Lipinski definition) is 4. The molecule has 124 valence electrons. The zero-order chi connectivity index (χ0) is 15.6. The molecule has 2 unspecified atom stereocenters. The summed E-state index contributed by atoms with van der Waals surface area (Å²) in [5, 5.41) is 3.55. The van der Waals surface area contributed by atoms with Crippen molar-refractivity contribution >= 4 is 11.2 Å². The quantitative estimate of drug-likeness (QED) is 0.946. The molecule has 0 amide bonds. The van der Waals surface area contributed by atoms with Crippen LogP contribution in [-0.4, -0.2) is 45.6 Å². The van der Waals surface area contributed by atoms with Crippen LogP contribution in [0, 0.1) is 0 Å². The van der Waals surface area contributed by atoms with Crippen LogP contribution in [0.15, 0.2) is 18.3 Å². The first-order valence-electron chi connectivity index (χ1n) is 9.16. The van der Waals surface area contributed by atoms with Gasteiger partial charge < -0.3 is 9.88 Å². The topological polar surface area (TPSA) is 46.0 Å². The van der Waals surface area contributed by atoms with E-state index in [0.29, 0.717) is 12.1 Å². The van der Waals surface area contributed by atoms with Crippen molar-refractivity contribution in [2.45, 2.75) is 51.1 Å². The number of hydrogen-bond donors (Lipinski definition) is 1. The van der Waals surface area contributed by atoms with E-state index in [1.807, 2.05) is 12.3 Å². The van der Waals surface area contributed by atoms with Crippen molar-refractivity contribution in [3.05, 3.63) is 24.2 Å². The summed E-state index contributed by atoms with van der Waals surface area (Å²) in [7, 11) is 0. The minimum absolute atomic E-state index is 0.449. The number of nitrogens with one attached hydrogen (secondary N) is 1. The first-order chi connectivity index (χ1) is 11.4. The number of likely N-dealkylation sites (tertiary alicyclic amines) is 1. The third kappa shape index (κ3) is 2.76. The van der Waals surface area contributed by atoms with Crippen LogP contribution in [0.3, 0.4) is 0 Å². The van der Waals surface area contributed by atoms with Gasteiger partial charge in [-0.25, -0.2) is 9.97 Å². The number of imidazole rings is 1. The van der Waals surface area contributed by atoms with Gasteiger partial charge in [-0.15, -0.1) is 0 Å². The highest BCUT2D eigenvalue weighted by Crippen LogP contribution is 2.34. The number of aromatic nitrogens is 3. The van der Waals surface area contributed by atoms with Crippen molar-refractivity contribution in [2.24, 2.45) is 0 Å². The lowest BCUT2D eigenvalue weighted by Gasteiger charge is -2.36. The lowest BCUT2D eigenvalue weighted by atomic mass is 10.0. The molecule has 2 aromatic heterocycles. The lowest BCUT2D eigenvalue weighted by Crippen LogP contribution is -2.37. The van der Waals surface area contributed by atoms with Crippen LogP contribution in [0.2, 0.25) is 0 Å². The molecule has 23 heavy (non-hydrogen) atoms. The molecule has 2 atom stereocenters. The highest BCUT2D eigenvalue weighted by atomic mass is 15.2. The van der Waals surface area contributed by atoms with Crippen LogP contribution in [-0.2, 0) is 0 Å². The van der Waals surface area contributed by atoms with Crippen LogP contribution in [0.1, 0.15) is 56.9 Å². The monoisotopic (exact) mass is 313 g/mol. The lowest BCUT2D eigenvalue weighted by molar-refractivity contribution is 0.144. The van der Waals surface area contributed by atoms with Gasteiger partial charge in [-0.05, 0) is 57.5 Å².